The van der Waals surface area contributed by atoms with E-state index >= 15 is 0 Å². The number of ether oxygens (including phenoxy) is 1. The minimum absolute atomic E-state index is 0. The van der Waals surface area contributed by atoms with Crippen molar-refractivity contribution in [3.63, 3.8) is 0 Å². The van der Waals surface area contributed by atoms with Gasteiger partial charge in [-0.3, -0.25) is 9.79 Å². The van der Waals surface area contributed by atoms with E-state index in [9.17, 15) is 4.79 Å². The molecule has 7 heteroatoms. The lowest BCUT2D eigenvalue weighted by molar-refractivity contribution is -0.119. The van der Waals surface area contributed by atoms with Gasteiger partial charge in [-0.15, -0.1) is 24.0 Å². The summed E-state index contributed by atoms with van der Waals surface area (Å²) >= 11 is 0. The van der Waals surface area contributed by atoms with Crippen LogP contribution in [0.15, 0.2) is 29.3 Å². The van der Waals surface area contributed by atoms with E-state index in [0.29, 0.717) is 25.0 Å². The molecule has 1 aromatic rings. The second-order valence-electron chi connectivity index (χ2n) is 7.66. The minimum atomic E-state index is -0.220. The molecule has 1 aromatic carbocycles. The van der Waals surface area contributed by atoms with Crippen molar-refractivity contribution in [2.75, 3.05) is 20.1 Å². The monoisotopic (exact) mass is 500 g/mol. The lowest BCUT2D eigenvalue weighted by atomic mass is 9.95. The highest BCUT2D eigenvalue weighted by Gasteiger charge is 2.24. The van der Waals surface area contributed by atoms with E-state index in [-0.39, 0.29) is 29.9 Å². The Bertz CT molecular complexity index is 662. The average molecular weight is 500 g/mol. The van der Waals surface area contributed by atoms with Crippen molar-refractivity contribution in [2.24, 2.45) is 16.6 Å². The largest absolute Gasteiger partial charge is 0.490 e. The SMILES string of the molecule is CN=C(NCc1ccccc1OC1CCCC1)N1CCCC(CC(N)=O)C1.I. The Morgan fingerprint density at radius 3 is 2.71 bits per heavy atom. The summed E-state index contributed by atoms with van der Waals surface area (Å²) in [6.45, 7) is 2.45. The molecular formula is C21H33IN4O2. The molecule has 156 valence electrons. The van der Waals surface area contributed by atoms with E-state index in [4.69, 9.17) is 10.5 Å². The summed E-state index contributed by atoms with van der Waals surface area (Å²) in [7, 11) is 1.81. The van der Waals surface area contributed by atoms with Crippen LogP contribution in [0.3, 0.4) is 0 Å². The third kappa shape index (κ3) is 6.53. The summed E-state index contributed by atoms with van der Waals surface area (Å²) < 4.78 is 6.23. The molecule has 1 aliphatic heterocycles. The summed E-state index contributed by atoms with van der Waals surface area (Å²) in [5, 5.41) is 3.47. The second kappa shape index (κ2) is 11.5. The van der Waals surface area contributed by atoms with Gasteiger partial charge in [0.2, 0.25) is 5.91 Å². The molecule has 0 spiro atoms. The van der Waals surface area contributed by atoms with Crippen LogP contribution in [0.1, 0.15) is 50.5 Å². The Hall–Kier alpha value is -1.51. The number of guanidine groups is 1. The fraction of sp³-hybridized carbons (Fsp3) is 0.619. The van der Waals surface area contributed by atoms with Gasteiger partial charge in [0, 0.05) is 38.7 Å². The number of hydrogen-bond acceptors (Lipinski definition) is 3. The van der Waals surface area contributed by atoms with Gasteiger partial charge >= 0.3 is 0 Å². The zero-order valence-electron chi connectivity index (χ0n) is 16.7. The number of nitrogens with one attached hydrogen (secondary N) is 1. The molecule has 3 N–H and O–H groups in total. The number of rotatable bonds is 6. The van der Waals surface area contributed by atoms with Gasteiger partial charge < -0.3 is 20.7 Å². The van der Waals surface area contributed by atoms with Crippen molar-refractivity contribution in [1.29, 1.82) is 0 Å². The van der Waals surface area contributed by atoms with E-state index in [1.807, 2.05) is 12.1 Å². The third-order valence-corrected chi connectivity index (χ3v) is 5.53. The molecule has 1 saturated heterocycles. The molecule has 2 aliphatic rings. The molecule has 3 rings (SSSR count). The first-order chi connectivity index (χ1) is 13.2. The Balaban J connectivity index is 0.00000280. The van der Waals surface area contributed by atoms with Gasteiger partial charge in [-0.2, -0.15) is 0 Å². The van der Waals surface area contributed by atoms with Crippen LogP contribution in [0.5, 0.6) is 5.75 Å². The van der Waals surface area contributed by atoms with E-state index in [1.165, 1.54) is 12.8 Å². The van der Waals surface area contributed by atoms with Gasteiger partial charge in [0.05, 0.1) is 6.10 Å². The molecule has 6 nitrogen and oxygen atoms in total. The van der Waals surface area contributed by atoms with Crippen LogP contribution in [-0.4, -0.2) is 43.0 Å². The van der Waals surface area contributed by atoms with Crippen LogP contribution in [0.2, 0.25) is 0 Å². The number of amides is 1. The number of nitrogens with zero attached hydrogens (tertiary/aromatic N) is 2. The van der Waals surface area contributed by atoms with Crippen LogP contribution >= 0.6 is 24.0 Å². The second-order valence-corrected chi connectivity index (χ2v) is 7.66. The third-order valence-electron chi connectivity index (χ3n) is 5.53. The van der Waals surface area contributed by atoms with Crippen molar-refractivity contribution in [3.8, 4) is 5.75 Å². The minimum Gasteiger partial charge on any atom is -0.490 e. The van der Waals surface area contributed by atoms with Crippen LogP contribution in [-0.2, 0) is 11.3 Å². The Kier molecular flexibility index (Phi) is 9.34. The highest BCUT2D eigenvalue weighted by Crippen LogP contribution is 2.26. The number of para-hydroxylation sites is 1. The molecule has 1 saturated carbocycles. The van der Waals surface area contributed by atoms with Crippen molar-refractivity contribution < 1.29 is 9.53 Å². The van der Waals surface area contributed by atoms with Crippen molar-refractivity contribution in [1.82, 2.24) is 10.2 Å². The zero-order valence-corrected chi connectivity index (χ0v) is 19.1. The fourth-order valence-electron chi connectivity index (χ4n) is 4.17. The molecule has 0 radical (unpaired) electrons. The first-order valence-electron chi connectivity index (χ1n) is 10.1. The Labute approximate surface area is 185 Å². The van der Waals surface area contributed by atoms with Crippen LogP contribution in [0, 0.1) is 5.92 Å². The van der Waals surface area contributed by atoms with Crippen LogP contribution in [0.25, 0.3) is 0 Å². The summed E-state index contributed by atoms with van der Waals surface area (Å²) in [5.74, 6) is 1.94. The molecule has 2 fully saturated rings. The number of hydrogen-bond donors (Lipinski definition) is 2. The Morgan fingerprint density at radius 1 is 1.25 bits per heavy atom. The maximum Gasteiger partial charge on any atom is 0.217 e. The summed E-state index contributed by atoms with van der Waals surface area (Å²) in [6.07, 6.45) is 7.73. The highest BCUT2D eigenvalue weighted by molar-refractivity contribution is 14.0. The standard InChI is InChI=1S/C21H32N4O2.HI/c1-23-21(25-12-6-7-16(15-25)13-20(22)26)24-14-17-8-2-5-11-19(17)27-18-9-3-4-10-18;/h2,5,8,11,16,18H,3-4,6-7,9-10,12-15H2,1H3,(H2,22,26)(H,23,24);1H. The number of benzene rings is 1. The highest BCUT2D eigenvalue weighted by atomic mass is 127. The van der Waals surface area contributed by atoms with Gasteiger partial charge in [0.1, 0.15) is 5.75 Å². The molecule has 0 aromatic heterocycles. The number of likely N-dealkylation sites (tertiary alicyclic amines) is 1. The number of piperidine rings is 1. The molecule has 1 atom stereocenters. The smallest absolute Gasteiger partial charge is 0.217 e. The van der Waals surface area contributed by atoms with Crippen molar-refractivity contribution in [2.45, 2.75) is 57.6 Å². The Morgan fingerprint density at radius 2 is 2.00 bits per heavy atom. The molecule has 1 heterocycles. The molecule has 1 aliphatic carbocycles. The van der Waals surface area contributed by atoms with Gasteiger partial charge in [-0.1, -0.05) is 18.2 Å². The van der Waals surface area contributed by atoms with Gasteiger partial charge in [-0.05, 0) is 50.5 Å². The predicted octanol–water partition coefficient (Wildman–Crippen LogP) is 3.29. The molecule has 1 amide bonds. The van der Waals surface area contributed by atoms with Crippen LogP contribution in [0.4, 0.5) is 0 Å². The molecule has 28 heavy (non-hydrogen) atoms. The van der Waals surface area contributed by atoms with E-state index < -0.39 is 0 Å². The predicted molar refractivity (Wildman–Crippen MR) is 123 cm³/mol. The number of nitrogens with two attached hydrogens (primary N) is 1. The zero-order chi connectivity index (χ0) is 19.1. The van der Waals surface area contributed by atoms with Gasteiger partial charge in [0.15, 0.2) is 5.96 Å². The number of aliphatic imine (C=N–C) groups is 1. The number of halogens is 1. The first-order valence-corrected chi connectivity index (χ1v) is 10.1. The molecular weight excluding hydrogens is 467 g/mol. The topological polar surface area (TPSA) is 80.0 Å². The summed E-state index contributed by atoms with van der Waals surface area (Å²) in [6, 6.07) is 8.24. The summed E-state index contributed by atoms with van der Waals surface area (Å²) in [4.78, 5) is 17.9. The van der Waals surface area contributed by atoms with Crippen molar-refractivity contribution in [3.05, 3.63) is 29.8 Å². The van der Waals surface area contributed by atoms with Gasteiger partial charge in [-0.25, -0.2) is 0 Å². The van der Waals surface area contributed by atoms with Gasteiger partial charge in [0.25, 0.3) is 0 Å². The summed E-state index contributed by atoms with van der Waals surface area (Å²) in [5.41, 5.74) is 6.53. The number of primary amides is 1. The molecule has 0 bridgehead atoms. The average Bonchev–Trinajstić information content (AvgIpc) is 3.16. The van der Waals surface area contributed by atoms with E-state index in [0.717, 1.165) is 56.0 Å². The maximum atomic E-state index is 11.2. The normalized spacial score (nSPS) is 20.5. The lowest BCUT2D eigenvalue weighted by Gasteiger charge is -2.34. The van der Waals surface area contributed by atoms with E-state index in [1.54, 1.807) is 7.05 Å². The van der Waals surface area contributed by atoms with Crippen molar-refractivity contribution >= 4 is 35.8 Å². The van der Waals surface area contributed by atoms with E-state index in [2.05, 4.69) is 27.3 Å². The van der Waals surface area contributed by atoms with Crippen LogP contribution < -0.4 is 15.8 Å². The lowest BCUT2D eigenvalue weighted by Crippen LogP contribution is -2.46. The number of carbonyl (C=O) groups is 1. The molecule has 1 unspecified atom stereocenters. The number of carbonyl (C=O) groups excluding carboxylic acids is 1. The fourth-order valence-corrected chi connectivity index (χ4v) is 4.17. The maximum absolute atomic E-state index is 11.2. The first kappa shape index (κ1) is 22.8. The quantitative estimate of drug-likeness (QED) is 0.357.